The van der Waals surface area contributed by atoms with Crippen molar-refractivity contribution in [3.05, 3.63) is 0 Å². The Hall–Kier alpha value is -0.640. The number of halogens is 1. The summed E-state index contributed by atoms with van der Waals surface area (Å²) in [5, 5.41) is 3.25. The molecule has 0 aromatic rings. The first kappa shape index (κ1) is 19.1. The molecule has 3 aliphatic rings. The quantitative estimate of drug-likeness (QED) is 0.702. The third kappa shape index (κ3) is 5.18. The molecule has 0 spiro atoms. The van der Waals surface area contributed by atoms with Gasteiger partial charge in [0, 0.05) is 32.1 Å². The molecule has 0 aromatic heterocycles. The van der Waals surface area contributed by atoms with Gasteiger partial charge >= 0.3 is 0 Å². The Balaban J connectivity index is 1.35. The molecule has 0 radical (unpaired) electrons. The van der Waals surface area contributed by atoms with E-state index in [0.29, 0.717) is 18.2 Å². The molecule has 3 rings (SSSR count). The molecule has 1 heterocycles. The van der Waals surface area contributed by atoms with E-state index in [1.807, 2.05) is 0 Å². The number of likely N-dealkylation sites (tertiary alicyclic amines) is 1. The number of rotatable bonds is 7. The zero-order valence-corrected chi connectivity index (χ0v) is 16.4. The highest BCUT2D eigenvalue weighted by atomic mass is 19.1. The Kier molecular flexibility index (Phi) is 6.07. The van der Waals surface area contributed by atoms with Crippen molar-refractivity contribution in [3.63, 3.8) is 0 Å². The molecule has 144 valence electrons. The molecule has 25 heavy (non-hydrogen) atoms. The van der Waals surface area contributed by atoms with Crippen LogP contribution in [-0.2, 0) is 4.79 Å². The van der Waals surface area contributed by atoms with E-state index >= 15 is 0 Å². The average Bonchev–Trinajstić information content (AvgIpc) is 3.10. The van der Waals surface area contributed by atoms with Gasteiger partial charge in [0.15, 0.2) is 0 Å². The Bertz CT molecular complexity index is 445. The Morgan fingerprint density at radius 2 is 1.76 bits per heavy atom. The van der Waals surface area contributed by atoms with Gasteiger partial charge in [-0.1, -0.05) is 39.5 Å². The van der Waals surface area contributed by atoms with Gasteiger partial charge in [-0.3, -0.25) is 4.79 Å². The maximum atomic E-state index is 13.3. The molecule has 2 aliphatic carbocycles. The maximum absolute atomic E-state index is 13.3. The third-order valence-corrected chi connectivity index (χ3v) is 6.67. The van der Waals surface area contributed by atoms with Gasteiger partial charge in [0.1, 0.15) is 0 Å². The van der Waals surface area contributed by atoms with E-state index in [-0.39, 0.29) is 11.3 Å². The van der Waals surface area contributed by atoms with Gasteiger partial charge in [-0.15, -0.1) is 0 Å². The lowest BCUT2D eigenvalue weighted by atomic mass is 9.87. The smallest absolute Gasteiger partial charge is 0.223 e. The van der Waals surface area contributed by atoms with Gasteiger partial charge in [0.2, 0.25) is 5.91 Å². The van der Waals surface area contributed by atoms with E-state index in [1.54, 1.807) is 6.92 Å². The van der Waals surface area contributed by atoms with Crippen molar-refractivity contribution in [3.8, 4) is 0 Å². The van der Waals surface area contributed by atoms with Crippen LogP contribution >= 0.6 is 0 Å². The first-order chi connectivity index (χ1) is 11.9. The summed E-state index contributed by atoms with van der Waals surface area (Å²) in [5.41, 5.74) is 0.0498. The summed E-state index contributed by atoms with van der Waals surface area (Å²) in [6, 6.07) is 0. The molecule has 4 heteroatoms. The number of fused-ring (bicyclic) bond motifs is 1. The molecule has 1 amide bonds. The largest absolute Gasteiger partial charge is 0.356 e. The summed E-state index contributed by atoms with van der Waals surface area (Å²) in [6.07, 6.45) is 7.11. The number of hydrogen-bond donors (Lipinski definition) is 1. The van der Waals surface area contributed by atoms with Crippen molar-refractivity contribution in [2.75, 3.05) is 26.2 Å². The van der Waals surface area contributed by atoms with Crippen LogP contribution in [-0.4, -0.2) is 43.2 Å². The standard InChI is InChI=1S/C21H37FN2O/c1-15(22)10-21(2,3)14-24-12-18-17(19(18)13-24)11-23-20(25)16-8-6-4-5-7-9-16/h15-19H,4-14H2,1-3H3,(H,23,25)/t15?,17?,18-,19?/m1/s1. The summed E-state index contributed by atoms with van der Waals surface area (Å²) in [7, 11) is 0. The lowest BCUT2D eigenvalue weighted by Gasteiger charge is -2.32. The second-order valence-corrected chi connectivity index (χ2v) is 9.77. The second-order valence-electron chi connectivity index (χ2n) is 9.77. The molecule has 1 N–H and O–H groups in total. The SMILES string of the molecule is CC(F)CC(C)(C)CN1CC2C(CNC(=O)C3CCCCCC3)[C@H]2C1. The van der Waals surface area contributed by atoms with E-state index in [0.717, 1.165) is 50.9 Å². The fourth-order valence-electron chi connectivity index (χ4n) is 5.50. The van der Waals surface area contributed by atoms with Crippen molar-refractivity contribution in [1.29, 1.82) is 0 Å². The van der Waals surface area contributed by atoms with Crippen LogP contribution in [0.1, 0.15) is 65.7 Å². The van der Waals surface area contributed by atoms with Gasteiger partial charge in [-0.25, -0.2) is 4.39 Å². The lowest BCUT2D eigenvalue weighted by molar-refractivity contribution is -0.125. The monoisotopic (exact) mass is 352 g/mol. The summed E-state index contributed by atoms with van der Waals surface area (Å²) < 4.78 is 13.3. The van der Waals surface area contributed by atoms with Gasteiger partial charge < -0.3 is 10.2 Å². The normalized spacial score (nSPS) is 32.1. The van der Waals surface area contributed by atoms with Crippen molar-refractivity contribution in [2.45, 2.75) is 71.9 Å². The van der Waals surface area contributed by atoms with Crippen molar-refractivity contribution < 1.29 is 9.18 Å². The Labute approximate surface area is 153 Å². The number of piperidine rings is 1. The van der Waals surface area contributed by atoms with Crippen molar-refractivity contribution in [1.82, 2.24) is 10.2 Å². The molecule has 2 saturated carbocycles. The maximum Gasteiger partial charge on any atom is 0.223 e. The first-order valence-electron chi connectivity index (χ1n) is 10.5. The number of nitrogens with one attached hydrogen (secondary N) is 1. The van der Waals surface area contributed by atoms with E-state index in [1.165, 1.54) is 25.7 Å². The minimum atomic E-state index is -0.723. The van der Waals surface area contributed by atoms with E-state index in [4.69, 9.17) is 0 Å². The predicted octanol–water partition coefficient (Wildman–Crippen LogP) is 4.03. The number of hydrogen-bond acceptors (Lipinski definition) is 2. The van der Waals surface area contributed by atoms with Crippen molar-refractivity contribution >= 4 is 5.91 Å². The molecule has 3 fully saturated rings. The molecule has 0 bridgehead atoms. The fraction of sp³-hybridized carbons (Fsp3) is 0.952. The van der Waals surface area contributed by atoms with E-state index in [9.17, 15) is 9.18 Å². The molecule has 4 atom stereocenters. The molecule has 0 aromatic carbocycles. The number of amides is 1. The van der Waals surface area contributed by atoms with Crippen LogP contribution in [0.25, 0.3) is 0 Å². The molecular weight excluding hydrogens is 315 g/mol. The number of nitrogens with zero attached hydrogens (tertiary/aromatic N) is 1. The molecule has 3 nitrogen and oxygen atoms in total. The molecule has 1 aliphatic heterocycles. The number of alkyl halides is 1. The fourth-order valence-corrected chi connectivity index (χ4v) is 5.50. The van der Waals surface area contributed by atoms with E-state index < -0.39 is 6.17 Å². The summed E-state index contributed by atoms with van der Waals surface area (Å²) in [5.74, 6) is 2.78. The lowest BCUT2D eigenvalue weighted by Crippen LogP contribution is -2.37. The van der Waals surface area contributed by atoms with Gasteiger partial charge in [0.25, 0.3) is 0 Å². The molecular formula is C21H37FN2O. The zero-order chi connectivity index (χ0) is 18.0. The highest BCUT2D eigenvalue weighted by Gasteiger charge is 2.55. The average molecular weight is 353 g/mol. The highest BCUT2D eigenvalue weighted by molar-refractivity contribution is 5.78. The summed E-state index contributed by atoms with van der Waals surface area (Å²) >= 11 is 0. The van der Waals surface area contributed by atoms with Crippen LogP contribution in [0.2, 0.25) is 0 Å². The predicted molar refractivity (Wildman–Crippen MR) is 100 cm³/mol. The Morgan fingerprint density at radius 3 is 2.32 bits per heavy atom. The van der Waals surface area contributed by atoms with Crippen LogP contribution in [0.3, 0.4) is 0 Å². The van der Waals surface area contributed by atoms with Crippen LogP contribution < -0.4 is 5.32 Å². The Morgan fingerprint density at radius 1 is 1.16 bits per heavy atom. The van der Waals surface area contributed by atoms with Crippen LogP contribution in [0.5, 0.6) is 0 Å². The third-order valence-electron chi connectivity index (χ3n) is 6.67. The van der Waals surface area contributed by atoms with Gasteiger partial charge in [0.05, 0.1) is 6.17 Å². The topological polar surface area (TPSA) is 32.3 Å². The summed E-state index contributed by atoms with van der Waals surface area (Å²) in [4.78, 5) is 14.9. The van der Waals surface area contributed by atoms with Gasteiger partial charge in [-0.05, 0) is 49.4 Å². The van der Waals surface area contributed by atoms with Crippen LogP contribution in [0.15, 0.2) is 0 Å². The van der Waals surface area contributed by atoms with Crippen molar-refractivity contribution in [2.24, 2.45) is 29.1 Å². The highest BCUT2D eigenvalue weighted by Crippen LogP contribution is 2.51. The van der Waals surface area contributed by atoms with Crippen LogP contribution in [0.4, 0.5) is 4.39 Å². The van der Waals surface area contributed by atoms with Gasteiger partial charge in [-0.2, -0.15) is 0 Å². The minimum absolute atomic E-state index is 0.0498. The summed E-state index contributed by atoms with van der Waals surface area (Å²) in [6.45, 7) is 10.2. The zero-order valence-electron chi connectivity index (χ0n) is 16.4. The number of carbonyl (C=O) groups excluding carboxylic acids is 1. The molecule has 3 unspecified atom stereocenters. The number of carbonyl (C=O) groups is 1. The second kappa shape index (κ2) is 7.94. The molecule has 1 saturated heterocycles. The first-order valence-corrected chi connectivity index (χ1v) is 10.5. The van der Waals surface area contributed by atoms with Crippen LogP contribution in [0, 0.1) is 29.1 Å². The minimum Gasteiger partial charge on any atom is -0.356 e. The van der Waals surface area contributed by atoms with E-state index in [2.05, 4.69) is 24.1 Å².